The van der Waals surface area contributed by atoms with Gasteiger partial charge < -0.3 is 13.3 Å². The Balaban J connectivity index is 1.03. The highest BCUT2D eigenvalue weighted by molar-refractivity contribution is 6.12. The monoisotopic (exact) mass is 661 g/mol. The molecule has 0 spiro atoms. The van der Waals surface area contributed by atoms with Crippen molar-refractivity contribution in [2.75, 3.05) is 0 Å². The van der Waals surface area contributed by atoms with Gasteiger partial charge in [-0.3, -0.25) is 16.0 Å². The van der Waals surface area contributed by atoms with Crippen molar-refractivity contribution in [3.8, 4) is 11.1 Å². The molecule has 0 amide bonds. The fourth-order valence-electron chi connectivity index (χ4n) is 8.01. The summed E-state index contributed by atoms with van der Waals surface area (Å²) in [5.74, 6) is 0. The molecule has 1 saturated heterocycles. The van der Waals surface area contributed by atoms with Gasteiger partial charge in [-0.2, -0.15) is 0 Å². The van der Waals surface area contributed by atoms with Crippen molar-refractivity contribution in [3.05, 3.63) is 168 Å². The Morgan fingerprint density at radius 1 is 0.373 bits per heavy atom. The van der Waals surface area contributed by atoms with Gasteiger partial charge in [-0.25, -0.2) is 0 Å². The number of benzene rings is 7. The molecule has 51 heavy (non-hydrogen) atoms. The molecular weight excluding hydrogens is 631 g/mol. The number of hydrogen-bond acceptors (Lipinski definition) is 6. The highest BCUT2D eigenvalue weighted by Gasteiger charge is 2.31. The Hall–Kier alpha value is -6.18. The third-order valence-corrected chi connectivity index (χ3v) is 10.4. The van der Waals surface area contributed by atoms with Gasteiger partial charge >= 0.3 is 0 Å². The maximum atomic E-state index is 6.40. The molecule has 6 heteroatoms. The molecule has 6 nitrogen and oxygen atoms in total. The molecule has 0 radical (unpaired) electrons. The van der Waals surface area contributed by atoms with Gasteiger partial charge in [-0.05, 0) is 64.7 Å². The smallest absolute Gasteiger partial charge is 0.143 e. The van der Waals surface area contributed by atoms with Crippen LogP contribution in [0.25, 0.3) is 76.9 Å². The summed E-state index contributed by atoms with van der Waals surface area (Å²) >= 11 is 0. The molecule has 3 atom stereocenters. The second kappa shape index (κ2) is 11.2. The molecule has 1 aliphatic rings. The van der Waals surface area contributed by atoms with E-state index in [1.165, 1.54) is 0 Å². The molecule has 4 heterocycles. The molecule has 244 valence electrons. The zero-order chi connectivity index (χ0) is 33.5. The van der Waals surface area contributed by atoms with E-state index in [-0.39, 0.29) is 18.5 Å². The molecule has 11 rings (SSSR count). The molecule has 0 saturated carbocycles. The lowest BCUT2D eigenvalue weighted by Crippen LogP contribution is -2.54. The number of rotatable bonds is 4. The van der Waals surface area contributed by atoms with Gasteiger partial charge in [0.1, 0.15) is 33.5 Å². The van der Waals surface area contributed by atoms with Gasteiger partial charge in [-0.1, -0.05) is 109 Å². The average Bonchev–Trinajstić information content (AvgIpc) is 3.89. The minimum atomic E-state index is -0.170. The molecule has 0 bridgehead atoms. The quantitative estimate of drug-likeness (QED) is 0.174. The van der Waals surface area contributed by atoms with E-state index in [0.29, 0.717) is 0 Å². The van der Waals surface area contributed by atoms with Crippen LogP contribution < -0.4 is 16.0 Å². The first kappa shape index (κ1) is 28.6. The Labute approximate surface area is 292 Å². The Kier molecular flexibility index (Phi) is 6.27. The lowest BCUT2D eigenvalue weighted by Gasteiger charge is -2.39. The maximum Gasteiger partial charge on any atom is 0.143 e. The Bertz CT molecular complexity index is 2940. The first-order valence-electron chi connectivity index (χ1n) is 17.4. The molecule has 3 N–H and O–H groups in total. The van der Waals surface area contributed by atoms with Gasteiger partial charge in [-0.15, -0.1) is 0 Å². The molecule has 10 aromatic rings. The summed E-state index contributed by atoms with van der Waals surface area (Å²) in [4.78, 5) is 0. The number of hydrogen-bond donors (Lipinski definition) is 3. The molecule has 0 aliphatic carbocycles. The van der Waals surface area contributed by atoms with Crippen LogP contribution in [-0.4, -0.2) is 0 Å². The summed E-state index contributed by atoms with van der Waals surface area (Å²) in [5, 5.41) is 18.2. The Morgan fingerprint density at radius 2 is 0.980 bits per heavy atom. The summed E-state index contributed by atoms with van der Waals surface area (Å²) in [5.41, 5.74) is 10.8. The van der Waals surface area contributed by atoms with Crippen LogP contribution >= 0.6 is 0 Å². The van der Waals surface area contributed by atoms with E-state index in [4.69, 9.17) is 13.3 Å². The topological polar surface area (TPSA) is 75.5 Å². The number of fused-ring (bicyclic) bond motifs is 9. The molecule has 7 aromatic carbocycles. The van der Waals surface area contributed by atoms with Gasteiger partial charge in [0.25, 0.3) is 0 Å². The van der Waals surface area contributed by atoms with E-state index in [0.717, 1.165) is 93.6 Å². The van der Waals surface area contributed by atoms with Crippen molar-refractivity contribution < 1.29 is 13.3 Å². The second-order valence-electron chi connectivity index (χ2n) is 13.4. The number of nitrogens with one attached hydrogen (secondary N) is 3. The van der Waals surface area contributed by atoms with Crippen LogP contribution in [0.1, 0.15) is 35.2 Å². The van der Waals surface area contributed by atoms with Gasteiger partial charge in [0.15, 0.2) is 0 Å². The van der Waals surface area contributed by atoms with Crippen molar-refractivity contribution in [1.82, 2.24) is 16.0 Å². The predicted molar refractivity (Wildman–Crippen MR) is 204 cm³/mol. The van der Waals surface area contributed by atoms with E-state index in [1.54, 1.807) is 0 Å². The van der Waals surface area contributed by atoms with Crippen molar-refractivity contribution in [2.45, 2.75) is 18.5 Å². The highest BCUT2D eigenvalue weighted by Crippen LogP contribution is 2.40. The van der Waals surface area contributed by atoms with E-state index in [2.05, 4.69) is 137 Å². The van der Waals surface area contributed by atoms with Crippen molar-refractivity contribution in [1.29, 1.82) is 0 Å². The van der Waals surface area contributed by atoms with E-state index in [1.807, 2.05) is 30.3 Å². The average molecular weight is 662 g/mol. The summed E-state index contributed by atoms with van der Waals surface area (Å²) in [6.07, 6.45) is -0.445. The molecular formula is C45H31N3O3. The first-order chi connectivity index (χ1) is 25.2. The van der Waals surface area contributed by atoms with E-state index in [9.17, 15) is 0 Å². The van der Waals surface area contributed by atoms with Crippen LogP contribution in [0.15, 0.2) is 165 Å². The van der Waals surface area contributed by atoms with Crippen molar-refractivity contribution >= 4 is 65.8 Å². The largest absolute Gasteiger partial charge is 0.456 e. The van der Waals surface area contributed by atoms with Crippen LogP contribution in [0, 0.1) is 0 Å². The van der Waals surface area contributed by atoms with Gasteiger partial charge in [0, 0.05) is 37.9 Å². The fourth-order valence-corrected chi connectivity index (χ4v) is 8.01. The SMILES string of the molecule is c1ccc(C2NC(c3ccc4oc5ccc(-c6cccc7c6oc6ccccc67)cc5c4c3)NC(c3cccc4oc5ccccc5c34)N2)cc1. The van der Waals surface area contributed by atoms with Crippen LogP contribution in [0.5, 0.6) is 0 Å². The normalized spacial score (nSPS) is 18.2. The lowest BCUT2D eigenvalue weighted by atomic mass is 9.98. The number of para-hydroxylation sites is 3. The fraction of sp³-hybridized carbons (Fsp3) is 0.0667. The van der Waals surface area contributed by atoms with Crippen LogP contribution in [0.2, 0.25) is 0 Å². The zero-order valence-electron chi connectivity index (χ0n) is 27.4. The first-order valence-corrected chi connectivity index (χ1v) is 17.4. The minimum absolute atomic E-state index is 0.108. The number of furan rings is 3. The zero-order valence-corrected chi connectivity index (χ0v) is 27.4. The maximum absolute atomic E-state index is 6.40. The third kappa shape index (κ3) is 4.55. The molecule has 1 fully saturated rings. The highest BCUT2D eigenvalue weighted by atomic mass is 16.3. The third-order valence-electron chi connectivity index (χ3n) is 10.4. The summed E-state index contributed by atoms with van der Waals surface area (Å²) in [6, 6.07) is 52.7. The molecule has 3 aromatic heterocycles. The predicted octanol–water partition coefficient (Wildman–Crippen LogP) is 11.2. The molecule has 1 aliphatic heterocycles. The van der Waals surface area contributed by atoms with Gasteiger partial charge in [0.2, 0.25) is 0 Å². The minimum Gasteiger partial charge on any atom is -0.456 e. The van der Waals surface area contributed by atoms with Crippen LogP contribution in [-0.2, 0) is 0 Å². The van der Waals surface area contributed by atoms with E-state index < -0.39 is 0 Å². The van der Waals surface area contributed by atoms with Crippen LogP contribution in [0.3, 0.4) is 0 Å². The summed E-state index contributed by atoms with van der Waals surface area (Å²) in [7, 11) is 0. The Morgan fingerprint density at radius 3 is 1.84 bits per heavy atom. The molecule has 3 unspecified atom stereocenters. The van der Waals surface area contributed by atoms with E-state index >= 15 is 0 Å². The standard InChI is InChI=1S/C45H31N3O3/c1-2-10-26(11-3-1)43-46-44(48-45(47-43)33-16-9-19-40-41(33)32-13-5-7-18-37(32)50-40)28-21-23-39-35(25-28)34-24-27(20-22-38(34)49-39)29-14-8-15-31-30-12-4-6-17-36(30)51-42(29)31/h1-25,43-48H. The van der Waals surface area contributed by atoms with Crippen LogP contribution in [0.4, 0.5) is 0 Å². The summed E-state index contributed by atoms with van der Waals surface area (Å²) < 4.78 is 19.1. The van der Waals surface area contributed by atoms with Crippen molar-refractivity contribution in [2.24, 2.45) is 0 Å². The van der Waals surface area contributed by atoms with Gasteiger partial charge in [0.05, 0.1) is 18.5 Å². The lowest BCUT2D eigenvalue weighted by molar-refractivity contribution is 0.204. The summed E-state index contributed by atoms with van der Waals surface area (Å²) in [6.45, 7) is 0. The van der Waals surface area contributed by atoms with Crippen molar-refractivity contribution in [3.63, 3.8) is 0 Å². The second-order valence-corrected chi connectivity index (χ2v) is 13.4.